The fraction of sp³-hybridized carbons (Fsp3) is 0.250. The Balaban J connectivity index is 2.94. The standard InChI is InChI=1S/C8H8FNO2/c1-2-12-8-7(9)3-6(5-11)4-10-8/h3-5H,2H2,1H3. The Hall–Kier alpha value is -1.45. The van der Waals surface area contributed by atoms with E-state index in [0.717, 1.165) is 6.07 Å². The largest absolute Gasteiger partial charge is 0.476 e. The highest BCUT2D eigenvalue weighted by molar-refractivity contribution is 5.74. The summed E-state index contributed by atoms with van der Waals surface area (Å²) in [6.45, 7) is 2.08. The van der Waals surface area contributed by atoms with Crippen molar-refractivity contribution in [3.05, 3.63) is 23.6 Å². The normalized spacial score (nSPS) is 9.50. The molecule has 0 aliphatic carbocycles. The first kappa shape index (κ1) is 8.64. The van der Waals surface area contributed by atoms with Gasteiger partial charge in [-0.2, -0.15) is 0 Å². The van der Waals surface area contributed by atoms with Crippen LogP contribution in [0.4, 0.5) is 4.39 Å². The monoisotopic (exact) mass is 169 g/mol. The third-order valence-corrected chi connectivity index (χ3v) is 1.25. The average Bonchev–Trinajstić information content (AvgIpc) is 2.09. The van der Waals surface area contributed by atoms with Crippen LogP contribution in [-0.2, 0) is 0 Å². The molecule has 0 aromatic carbocycles. The van der Waals surface area contributed by atoms with E-state index >= 15 is 0 Å². The molecular weight excluding hydrogens is 161 g/mol. The second kappa shape index (κ2) is 3.80. The van der Waals surface area contributed by atoms with E-state index in [1.165, 1.54) is 6.20 Å². The SMILES string of the molecule is CCOc1ncc(C=O)cc1F. The van der Waals surface area contributed by atoms with Gasteiger partial charge in [0, 0.05) is 11.8 Å². The topological polar surface area (TPSA) is 39.2 Å². The Morgan fingerprint density at radius 3 is 3.00 bits per heavy atom. The highest BCUT2D eigenvalue weighted by atomic mass is 19.1. The van der Waals surface area contributed by atoms with Gasteiger partial charge in [0.15, 0.2) is 12.1 Å². The molecule has 1 aromatic heterocycles. The molecule has 0 spiro atoms. The van der Waals surface area contributed by atoms with E-state index in [-0.39, 0.29) is 11.4 Å². The van der Waals surface area contributed by atoms with E-state index in [1.54, 1.807) is 6.92 Å². The quantitative estimate of drug-likeness (QED) is 0.642. The molecule has 0 unspecified atom stereocenters. The number of ether oxygens (including phenoxy) is 1. The second-order valence-electron chi connectivity index (χ2n) is 2.11. The van der Waals surface area contributed by atoms with E-state index in [9.17, 15) is 9.18 Å². The molecule has 64 valence electrons. The molecule has 4 heteroatoms. The number of aromatic nitrogens is 1. The maximum Gasteiger partial charge on any atom is 0.250 e. The van der Waals surface area contributed by atoms with Crippen LogP contribution in [0.15, 0.2) is 12.3 Å². The van der Waals surface area contributed by atoms with Gasteiger partial charge in [-0.25, -0.2) is 9.37 Å². The fourth-order valence-electron chi connectivity index (χ4n) is 0.748. The predicted molar refractivity (Wildman–Crippen MR) is 40.8 cm³/mol. The molecule has 0 fully saturated rings. The van der Waals surface area contributed by atoms with Crippen molar-refractivity contribution in [2.24, 2.45) is 0 Å². The van der Waals surface area contributed by atoms with E-state index in [0.29, 0.717) is 12.9 Å². The molecule has 1 heterocycles. The van der Waals surface area contributed by atoms with Crippen LogP contribution in [0.1, 0.15) is 17.3 Å². The summed E-state index contributed by atoms with van der Waals surface area (Å²) in [7, 11) is 0. The Kier molecular flexibility index (Phi) is 2.74. The zero-order valence-electron chi connectivity index (χ0n) is 6.58. The number of pyridine rings is 1. The third-order valence-electron chi connectivity index (χ3n) is 1.25. The molecular formula is C8H8FNO2. The minimum absolute atomic E-state index is 0.0666. The van der Waals surface area contributed by atoms with Crippen molar-refractivity contribution < 1.29 is 13.9 Å². The summed E-state index contributed by atoms with van der Waals surface area (Å²) in [5, 5.41) is 0. The van der Waals surface area contributed by atoms with E-state index in [1.807, 2.05) is 0 Å². The number of carbonyl (C=O) groups excluding carboxylic acids is 1. The van der Waals surface area contributed by atoms with Crippen LogP contribution in [0.5, 0.6) is 5.88 Å². The van der Waals surface area contributed by atoms with Gasteiger partial charge in [0.2, 0.25) is 5.88 Å². The Morgan fingerprint density at radius 1 is 1.75 bits per heavy atom. The van der Waals surface area contributed by atoms with Crippen molar-refractivity contribution >= 4 is 6.29 Å². The summed E-state index contributed by atoms with van der Waals surface area (Å²) in [4.78, 5) is 13.8. The van der Waals surface area contributed by atoms with E-state index in [2.05, 4.69) is 4.98 Å². The van der Waals surface area contributed by atoms with Crippen LogP contribution in [0.3, 0.4) is 0 Å². The molecule has 0 aliphatic heterocycles. The lowest BCUT2D eigenvalue weighted by Gasteiger charge is -2.01. The van der Waals surface area contributed by atoms with Gasteiger partial charge in [0.05, 0.1) is 6.61 Å². The predicted octanol–water partition coefficient (Wildman–Crippen LogP) is 1.43. The van der Waals surface area contributed by atoms with E-state index < -0.39 is 5.82 Å². The van der Waals surface area contributed by atoms with Gasteiger partial charge in [-0.3, -0.25) is 4.79 Å². The zero-order valence-corrected chi connectivity index (χ0v) is 6.58. The highest BCUT2D eigenvalue weighted by Crippen LogP contribution is 2.12. The van der Waals surface area contributed by atoms with Crippen LogP contribution < -0.4 is 4.74 Å². The molecule has 0 radical (unpaired) electrons. The zero-order chi connectivity index (χ0) is 8.97. The number of halogens is 1. The number of nitrogens with zero attached hydrogens (tertiary/aromatic N) is 1. The fourth-order valence-corrected chi connectivity index (χ4v) is 0.748. The molecule has 0 aliphatic rings. The maximum absolute atomic E-state index is 12.9. The van der Waals surface area contributed by atoms with Gasteiger partial charge in [0.1, 0.15) is 0 Å². The van der Waals surface area contributed by atoms with Crippen molar-refractivity contribution in [1.82, 2.24) is 4.98 Å². The van der Waals surface area contributed by atoms with Crippen molar-refractivity contribution in [3.63, 3.8) is 0 Å². The number of aldehydes is 1. The minimum Gasteiger partial charge on any atom is -0.476 e. The Bertz CT molecular complexity index is 288. The van der Waals surface area contributed by atoms with Gasteiger partial charge < -0.3 is 4.74 Å². The summed E-state index contributed by atoms with van der Waals surface area (Å²) in [5.41, 5.74) is 0.205. The molecule has 0 atom stereocenters. The lowest BCUT2D eigenvalue weighted by molar-refractivity contribution is 0.112. The van der Waals surface area contributed by atoms with Gasteiger partial charge in [-0.05, 0) is 13.0 Å². The van der Waals surface area contributed by atoms with Crippen LogP contribution in [-0.4, -0.2) is 17.9 Å². The van der Waals surface area contributed by atoms with Gasteiger partial charge in [-0.15, -0.1) is 0 Å². The van der Waals surface area contributed by atoms with Crippen molar-refractivity contribution in [2.45, 2.75) is 6.92 Å². The van der Waals surface area contributed by atoms with Gasteiger partial charge in [-0.1, -0.05) is 0 Å². The van der Waals surface area contributed by atoms with Gasteiger partial charge >= 0.3 is 0 Å². The molecule has 0 N–H and O–H groups in total. The van der Waals surface area contributed by atoms with Crippen LogP contribution in [0.25, 0.3) is 0 Å². The number of rotatable bonds is 3. The molecule has 12 heavy (non-hydrogen) atoms. The smallest absolute Gasteiger partial charge is 0.250 e. The van der Waals surface area contributed by atoms with Crippen LogP contribution >= 0.6 is 0 Å². The number of carbonyl (C=O) groups is 1. The number of hydrogen-bond acceptors (Lipinski definition) is 3. The summed E-state index contributed by atoms with van der Waals surface area (Å²) in [5.74, 6) is -0.676. The first-order valence-electron chi connectivity index (χ1n) is 3.51. The first-order valence-corrected chi connectivity index (χ1v) is 3.51. The highest BCUT2D eigenvalue weighted by Gasteiger charge is 2.04. The van der Waals surface area contributed by atoms with Crippen LogP contribution in [0.2, 0.25) is 0 Å². The summed E-state index contributed by atoms with van der Waals surface area (Å²) >= 11 is 0. The molecule has 1 aromatic rings. The minimum atomic E-state index is -0.610. The molecule has 3 nitrogen and oxygen atoms in total. The Morgan fingerprint density at radius 2 is 2.50 bits per heavy atom. The molecule has 0 amide bonds. The summed E-state index contributed by atoms with van der Waals surface area (Å²) in [6.07, 6.45) is 1.80. The lowest BCUT2D eigenvalue weighted by atomic mass is 10.3. The number of hydrogen-bond donors (Lipinski definition) is 0. The summed E-state index contributed by atoms with van der Waals surface area (Å²) in [6, 6.07) is 1.09. The first-order chi connectivity index (χ1) is 5.77. The maximum atomic E-state index is 12.9. The van der Waals surface area contributed by atoms with Crippen LogP contribution in [0, 0.1) is 5.82 Å². The van der Waals surface area contributed by atoms with Crippen molar-refractivity contribution in [1.29, 1.82) is 0 Å². The average molecular weight is 169 g/mol. The molecule has 1 rings (SSSR count). The summed E-state index contributed by atoms with van der Waals surface area (Å²) < 4.78 is 17.7. The lowest BCUT2D eigenvalue weighted by Crippen LogP contribution is -1.98. The van der Waals surface area contributed by atoms with Gasteiger partial charge in [0.25, 0.3) is 0 Å². The van der Waals surface area contributed by atoms with Crippen molar-refractivity contribution in [2.75, 3.05) is 6.61 Å². The van der Waals surface area contributed by atoms with Crippen molar-refractivity contribution in [3.8, 4) is 5.88 Å². The molecule has 0 bridgehead atoms. The van der Waals surface area contributed by atoms with E-state index in [4.69, 9.17) is 4.74 Å². The Labute approximate surface area is 69.2 Å². The molecule has 0 saturated heterocycles. The molecule has 0 saturated carbocycles. The second-order valence-corrected chi connectivity index (χ2v) is 2.11. The third kappa shape index (κ3) is 1.78.